The monoisotopic (exact) mass is 396 g/mol. The highest BCUT2D eigenvalue weighted by Crippen LogP contribution is 2.24. The minimum absolute atomic E-state index is 0.136. The summed E-state index contributed by atoms with van der Waals surface area (Å²) in [6.45, 7) is 0.721. The van der Waals surface area contributed by atoms with Gasteiger partial charge in [-0.15, -0.1) is 0 Å². The number of aryl methyl sites for hydroxylation is 1. The van der Waals surface area contributed by atoms with Crippen LogP contribution in [0.3, 0.4) is 0 Å². The molecule has 28 heavy (non-hydrogen) atoms. The molecule has 1 saturated heterocycles. The molecule has 4 heterocycles. The molecule has 8 heteroatoms. The first-order chi connectivity index (χ1) is 13.7. The molecular weight excluding hydrogens is 376 g/mol. The number of ether oxygens (including phenoxy) is 1. The summed E-state index contributed by atoms with van der Waals surface area (Å²) < 4.78 is 7.10. The Morgan fingerprint density at radius 2 is 2.21 bits per heavy atom. The Labute approximate surface area is 165 Å². The summed E-state index contributed by atoms with van der Waals surface area (Å²) in [5.41, 5.74) is 3.37. The van der Waals surface area contributed by atoms with Crippen LogP contribution in [0.2, 0.25) is 0 Å². The van der Waals surface area contributed by atoms with Crippen LogP contribution in [0.15, 0.2) is 41.3 Å². The van der Waals surface area contributed by atoms with Gasteiger partial charge in [-0.3, -0.25) is 9.59 Å². The van der Waals surface area contributed by atoms with E-state index in [0.717, 1.165) is 40.1 Å². The summed E-state index contributed by atoms with van der Waals surface area (Å²) in [5, 5.41) is 8.53. The van der Waals surface area contributed by atoms with Crippen LogP contribution in [0, 0.1) is 0 Å². The third-order valence-electron chi connectivity index (χ3n) is 5.38. The number of rotatable bonds is 3. The van der Waals surface area contributed by atoms with Crippen LogP contribution in [0.5, 0.6) is 0 Å². The van der Waals surface area contributed by atoms with E-state index in [0.29, 0.717) is 18.8 Å². The molecule has 7 nitrogen and oxygen atoms in total. The zero-order chi connectivity index (χ0) is 19.1. The van der Waals surface area contributed by atoms with Gasteiger partial charge in [0.1, 0.15) is 6.04 Å². The van der Waals surface area contributed by atoms with E-state index in [-0.39, 0.29) is 23.6 Å². The summed E-state index contributed by atoms with van der Waals surface area (Å²) in [7, 11) is 0. The van der Waals surface area contributed by atoms with Crippen LogP contribution in [0.1, 0.15) is 27.7 Å². The molecule has 0 spiro atoms. The van der Waals surface area contributed by atoms with E-state index in [1.165, 1.54) is 4.68 Å². The summed E-state index contributed by atoms with van der Waals surface area (Å²) in [5.74, 6) is 1.67. The third kappa shape index (κ3) is 3.02. The number of aromatic nitrogens is 3. The first-order valence-corrected chi connectivity index (χ1v) is 10.5. The Kier molecular flexibility index (Phi) is 4.44. The Hall–Kier alpha value is -2.58. The molecule has 144 valence electrons. The van der Waals surface area contributed by atoms with Gasteiger partial charge in [0.25, 0.3) is 11.5 Å². The van der Waals surface area contributed by atoms with Crippen molar-refractivity contribution >= 4 is 28.6 Å². The highest BCUT2D eigenvalue weighted by Gasteiger charge is 2.33. The zero-order valence-corrected chi connectivity index (χ0v) is 16.0. The van der Waals surface area contributed by atoms with E-state index < -0.39 is 0 Å². The van der Waals surface area contributed by atoms with Crippen molar-refractivity contribution in [1.29, 1.82) is 0 Å². The lowest BCUT2D eigenvalue weighted by atomic mass is 10.1. The molecule has 3 aromatic rings. The van der Waals surface area contributed by atoms with Gasteiger partial charge in [0.2, 0.25) is 0 Å². The molecule has 0 aliphatic carbocycles. The van der Waals surface area contributed by atoms with Crippen molar-refractivity contribution in [3.8, 4) is 0 Å². The second kappa shape index (κ2) is 7.10. The number of para-hydroxylation sites is 1. The maximum absolute atomic E-state index is 12.9. The van der Waals surface area contributed by atoms with Gasteiger partial charge in [-0.05, 0) is 17.4 Å². The van der Waals surface area contributed by atoms with Gasteiger partial charge in [-0.2, -0.15) is 16.9 Å². The lowest BCUT2D eigenvalue weighted by molar-refractivity contribution is 0.0926. The Morgan fingerprint density at radius 1 is 1.32 bits per heavy atom. The van der Waals surface area contributed by atoms with Crippen molar-refractivity contribution < 1.29 is 9.53 Å². The largest absolute Gasteiger partial charge is 0.377 e. The number of carbonyl (C=O) groups excluding carboxylic acids is 1. The molecule has 2 aromatic heterocycles. The number of fused-ring (bicyclic) bond motifs is 2. The molecule has 1 amide bonds. The lowest BCUT2D eigenvalue weighted by Crippen LogP contribution is -2.44. The number of hydrogen-bond acceptors (Lipinski definition) is 5. The third-order valence-corrected chi connectivity index (χ3v) is 6.39. The predicted molar refractivity (Wildman–Crippen MR) is 108 cm³/mol. The fourth-order valence-electron chi connectivity index (χ4n) is 3.89. The lowest BCUT2D eigenvalue weighted by Gasteiger charge is -2.22. The summed E-state index contributed by atoms with van der Waals surface area (Å²) >= 11 is 1.82. The number of H-pyrrole nitrogens is 1. The fourth-order valence-corrected chi connectivity index (χ4v) is 4.85. The number of thioether (sulfide) groups is 1. The van der Waals surface area contributed by atoms with Gasteiger partial charge in [0.05, 0.1) is 30.5 Å². The summed E-state index contributed by atoms with van der Waals surface area (Å²) in [6, 6.07) is 8.76. The molecule has 2 N–H and O–H groups in total. The SMILES string of the molecule is O=C(NC1COCC1n1nc2c(cc1=O)CSCC2)c1c[nH]c2ccccc12. The second-order valence-electron chi connectivity index (χ2n) is 7.13. The number of amides is 1. The van der Waals surface area contributed by atoms with Crippen molar-refractivity contribution in [3.63, 3.8) is 0 Å². The Bertz CT molecular complexity index is 1110. The molecule has 0 saturated carbocycles. The molecule has 1 aromatic carbocycles. The average molecular weight is 396 g/mol. The van der Waals surface area contributed by atoms with Crippen LogP contribution in [0.25, 0.3) is 10.9 Å². The molecule has 1 fully saturated rings. The van der Waals surface area contributed by atoms with Gasteiger partial charge in [-0.25, -0.2) is 4.68 Å². The number of nitrogens with zero attached hydrogens (tertiary/aromatic N) is 2. The van der Waals surface area contributed by atoms with Crippen LogP contribution in [-0.2, 0) is 16.9 Å². The van der Waals surface area contributed by atoms with Crippen molar-refractivity contribution in [1.82, 2.24) is 20.1 Å². The minimum atomic E-state index is -0.304. The van der Waals surface area contributed by atoms with Crippen LogP contribution in [0.4, 0.5) is 0 Å². The number of nitrogens with one attached hydrogen (secondary N) is 2. The van der Waals surface area contributed by atoms with E-state index in [2.05, 4.69) is 15.4 Å². The number of carbonyl (C=O) groups is 1. The Morgan fingerprint density at radius 3 is 3.14 bits per heavy atom. The van der Waals surface area contributed by atoms with Gasteiger partial charge in [-0.1, -0.05) is 18.2 Å². The summed E-state index contributed by atoms with van der Waals surface area (Å²) in [4.78, 5) is 28.6. The molecular formula is C20H20N4O3S. The molecule has 2 aliphatic heterocycles. The fraction of sp³-hybridized carbons (Fsp3) is 0.350. The maximum Gasteiger partial charge on any atom is 0.267 e. The van der Waals surface area contributed by atoms with Crippen molar-refractivity contribution in [2.75, 3.05) is 19.0 Å². The first-order valence-electron chi connectivity index (χ1n) is 9.35. The number of aromatic amines is 1. The second-order valence-corrected chi connectivity index (χ2v) is 8.24. The molecule has 0 bridgehead atoms. The topological polar surface area (TPSA) is 89.0 Å². The summed E-state index contributed by atoms with van der Waals surface area (Å²) in [6.07, 6.45) is 2.58. The number of hydrogen-bond donors (Lipinski definition) is 2. The van der Waals surface area contributed by atoms with E-state index in [1.807, 2.05) is 36.0 Å². The average Bonchev–Trinajstić information content (AvgIpc) is 3.34. The molecule has 2 unspecified atom stereocenters. The van der Waals surface area contributed by atoms with E-state index in [1.54, 1.807) is 12.3 Å². The smallest absolute Gasteiger partial charge is 0.267 e. The van der Waals surface area contributed by atoms with Gasteiger partial charge < -0.3 is 15.0 Å². The first kappa shape index (κ1) is 17.5. The highest BCUT2D eigenvalue weighted by atomic mass is 32.2. The highest BCUT2D eigenvalue weighted by molar-refractivity contribution is 7.98. The molecule has 5 rings (SSSR count). The van der Waals surface area contributed by atoms with Gasteiger partial charge in [0, 0.05) is 35.3 Å². The molecule has 2 aliphatic rings. The van der Waals surface area contributed by atoms with Crippen LogP contribution < -0.4 is 10.9 Å². The van der Waals surface area contributed by atoms with E-state index >= 15 is 0 Å². The predicted octanol–water partition coefficient (Wildman–Crippen LogP) is 1.88. The number of benzene rings is 1. The van der Waals surface area contributed by atoms with Crippen LogP contribution >= 0.6 is 11.8 Å². The molecule has 0 radical (unpaired) electrons. The maximum atomic E-state index is 12.9. The standard InChI is InChI=1S/C20H20N4O3S/c25-19-7-12-11-28-6-5-15(12)23-24(19)18-10-27-9-17(18)22-20(26)14-8-21-16-4-2-1-3-13(14)16/h1-4,7-8,17-18,21H,5-6,9-11H2,(H,22,26). The zero-order valence-electron chi connectivity index (χ0n) is 15.2. The van der Waals surface area contributed by atoms with Crippen molar-refractivity contribution in [2.24, 2.45) is 0 Å². The minimum Gasteiger partial charge on any atom is -0.377 e. The van der Waals surface area contributed by atoms with Crippen molar-refractivity contribution in [3.05, 3.63) is 63.7 Å². The normalized spacial score (nSPS) is 21.6. The quantitative estimate of drug-likeness (QED) is 0.706. The Balaban J connectivity index is 1.42. The van der Waals surface area contributed by atoms with E-state index in [4.69, 9.17) is 4.74 Å². The van der Waals surface area contributed by atoms with Gasteiger partial charge in [0.15, 0.2) is 0 Å². The van der Waals surface area contributed by atoms with E-state index in [9.17, 15) is 9.59 Å². The van der Waals surface area contributed by atoms with Crippen molar-refractivity contribution in [2.45, 2.75) is 24.3 Å². The van der Waals surface area contributed by atoms with Crippen LogP contribution in [-0.4, -0.2) is 45.7 Å². The molecule has 2 atom stereocenters. The van der Waals surface area contributed by atoms with Gasteiger partial charge >= 0.3 is 0 Å².